The molecule has 1 N–H and O–H groups in total. The summed E-state index contributed by atoms with van der Waals surface area (Å²) in [6, 6.07) is 11.2. The summed E-state index contributed by atoms with van der Waals surface area (Å²) in [5.74, 6) is 0.202. The van der Waals surface area contributed by atoms with Crippen molar-refractivity contribution >= 4 is 33.2 Å². The molecule has 1 fully saturated rings. The Labute approximate surface area is 174 Å². The Morgan fingerprint density at radius 2 is 1.80 bits per heavy atom. The van der Waals surface area contributed by atoms with E-state index in [9.17, 15) is 18.0 Å². The van der Waals surface area contributed by atoms with Gasteiger partial charge >= 0.3 is 0 Å². The number of carbonyl (C=O) groups is 2. The highest BCUT2D eigenvalue weighted by Gasteiger charge is 2.35. The molecular weight excluding hydrogens is 410 g/mol. The molecule has 1 atom stereocenters. The Bertz CT molecular complexity index is 1100. The number of sulfonamides is 1. The Kier molecular flexibility index (Phi) is 5.12. The van der Waals surface area contributed by atoms with E-state index in [0.717, 1.165) is 4.31 Å². The van der Waals surface area contributed by atoms with E-state index in [1.807, 2.05) is 0 Å². The number of anilines is 2. The Hall–Kier alpha value is -3.11. The van der Waals surface area contributed by atoms with Gasteiger partial charge in [0.05, 0.1) is 10.8 Å². The second-order valence-electron chi connectivity index (χ2n) is 7.24. The molecule has 1 unspecified atom stereocenters. The van der Waals surface area contributed by atoms with Crippen molar-refractivity contribution in [1.82, 2.24) is 4.31 Å². The van der Waals surface area contributed by atoms with Crippen LogP contribution in [0.15, 0.2) is 47.4 Å². The first-order valence-corrected chi connectivity index (χ1v) is 10.7. The van der Waals surface area contributed by atoms with Crippen molar-refractivity contribution in [3.05, 3.63) is 42.5 Å². The van der Waals surface area contributed by atoms with Crippen LogP contribution in [0.1, 0.15) is 6.42 Å². The molecule has 4 rings (SSSR count). The molecule has 10 heteroatoms. The molecule has 0 bridgehead atoms. The number of benzene rings is 2. The van der Waals surface area contributed by atoms with Crippen LogP contribution in [0.3, 0.4) is 0 Å². The highest BCUT2D eigenvalue weighted by Crippen LogP contribution is 2.34. The van der Waals surface area contributed by atoms with Gasteiger partial charge in [0.25, 0.3) is 0 Å². The zero-order chi connectivity index (χ0) is 21.5. The Morgan fingerprint density at radius 1 is 1.10 bits per heavy atom. The van der Waals surface area contributed by atoms with Crippen molar-refractivity contribution in [3.63, 3.8) is 0 Å². The lowest BCUT2D eigenvalue weighted by Gasteiger charge is -2.18. The van der Waals surface area contributed by atoms with E-state index in [0.29, 0.717) is 22.9 Å². The van der Waals surface area contributed by atoms with E-state index >= 15 is 0 Å². The largest absolute Gasteiger partial charge is 0.454 e. The number of rotatable bonds is 5. The van der Waals surface area contributed by atoms with Crippen LogP contribution < -0.4 is 19.7 Å². The van der Waals surface area contributed by atoms with E-state index in [4.69, 9.17) is 9.47 Å². The zero-order valence-electron chi connectivity index (χ0n) is 16.5. The topological polar surface area (TPSA) is 105 Å². The van der Waals surface area contributed by atoms with Gasteiger partial charge in [-0.05, 0) is 36.4 Å². The first-order valence-electron chi connectivity index (χ1n) is 9.29. The lowest BCUT2D eigenvalue weighted by molar-refractivity contribution is -0.122. The summed E-state index contributed by atoms with van der Waals surface area (Å²) >= 11 is 0. The average molecular weight is 431 g/mol. The molecule has 2 amide bonds. The van der Waals surface area contributed by atoms with Gasteiger partial charge in [-0.1, -0.05) is 0 Å². The maximum Gasteiger partial charge on any atom is 0.242 e. The molecule has 0 aliphatic carbocycles. The van der Waals surface area contributed by atoms with E-state index in [-0.39, 0.29) is 36.5 Å². The minimum absolute atomic E-state index is 0.0775. The molecule has 2 heterocycles. The molecule has 2 aromatic rings. The maximum atomic E-state index is 12.7. The molecule has 0 spiro atoms. The molecule has 30 heavy (non-hydrogen) atoms. The summed E-state index contributed by atoms with van der Waals surface area (Å²) in [6.45, 7) is 0.364. The standard InChI is InChI=1S/C20H21N3O6S/c1-22(2)30(26,27)16-6-4-15(5-7-16)23-11-13(9-19(23)24)20(25)21-14-3-8-17-18(10-14)29-12-28-17/h3-8,10,13H,9,11-12H2,1-2H3,(H,21,25). The SMILES string of the molecule is CN(C)S(=O)(=O)c1ccc(N2CC(C(=O)Nc3ccc4c(c3)OCO4)CC2=O)cc1. The predicted octanol–water partition coefficient (Wildman–Crippen LogP) is 1.66. The summed E-state index contributed by atoms with van der Waals surface area (Å²) in [5.41, 5.74) is 1.12. The van der Waals surface area contributed by atoms with Gasteiger partial charge in [-0.2, -0.15) is 0 Å². The van der Waals surface area contributed by atoms with Crippen LogP contribution in [0.4, 0.5) is 11.4 Å². The van der Waals surface area contributed by atoms with Crippen LogP contribution in [-0.2, 0) is 19.6 Å². The van der Waals surface area contributed by atoms with Gasteiger partial charge in [0.15, 0.2) is 11.5 Å². The normalized spacial score (nSPS) is 18.2. The fourth-order valence-electron chi connectivity index (χ4n) is 3.36. The van der Waals surface area contributed by atoms with Gasteiger partial charge in [-0.25, -0.2) is 12.7 Å². The van der Waals surface area contributed by atoms with E-state index in [1.165, 1.54) is 31.1 Å². The second-order valence-corrected chi connectivity index (χ2v) is 9.40. The van der Waals surface area contributed by atoms with Crippen LogP contribution >= 0.6 is 0 Å². The number of carbonyl (C=O) groups excluding carboxylic acids is 2. The Balaban J connectivity index is 1.44. The second kappa shape index (κ2) is 7.62. The summed E-state index contributed by atoms with van der Waals surface area (Å²) in [4.78, 5) is 26.8. The Morgan fingerprint density at radius 3 is 2.50 bits per heavy atom. The molecule has 0 aromatic heterocycles. The van der Waals surface area contributed by atoms with Crippen molar-refractivity contribution in [2.24, 2.45) is 5.92 Å². The first-order chi connectivity index (χ1) is 14.3. The zero-order valence-corrected chi connectivity index (χ0v) is 17.3. The summed E-state index contributed by atoms with van der Waals surface area (Å²) in [6.07, 6.45) is 0.0775. The highest BCUT2D eigenvalue weighted by atomic mass is 32.2. The van der Waals surface area contributed by atoms with Crippen LogP contribution in [0, 0.1) is 5.92 Å². The molecule has 1 saturated heterocycles. The minimum atomic E-state index is -3.55. The number of ether oxygens (including phenoxy) is 2. The lowest BCUT2D eigenvalue weighted by atomic mass is 10.1. The average Bonchev–Trinajstić information content (AvgIpc) is 3.34. The lowest BCUT2D eigenvalue weighted by Crippen LogP contribution is -2.28. The van der Waals surface area contributed by atoms with Crippen LogP contribution in [-0.4, -0.2) is 52.0 Å². The number of nitrogens with one attached hydrogen (secondary N) is 1. The first kappa shape index (κ1) is 20.2. The molecule has 2 aromatic carbocycles. The van der Waals surface area contributed by atoms with Crippen molar-refractivity contribution in [1.29, 1.82) is 0 Å². The number of amides is 2. The molecule has 2 aliphatic rings. The molecule has 9 nitrogen and oxygen atoms in total. The molecule has 0 radical (unpaired) electrons. The van der Waals surface area contributed by atoms with Gasteiger partial charge in [0.2, 0.25) is 28.6 Å². The molecule has 0 saturated carbocycles. The molecule has 2 aliphatic heterocycles. The summed E-state index contributed by atoms with van der Waals surface area (Å²) in [5, 5.41) is 2.81. The fraction of sp³-hybridized carbons (Fsp3) is 0.300. The van der Waals surface area contributed by atoms with Crippen molar-refractivity contribution < 1.29 is 27.5 Å². The highest BCUT2D eigenvalue weighted by molar-refractivity contribution is 7.89. The third kappa shape index (κ3) is 3.71. The monoisotopic (exact) mass is 431 g/mol. The third-order valence-corrected chi connectivity index (χ3v) is 6.89. The van der Waals surface area contributed by atoms with Gasteiger partial charge < -0.3 is 19.7 Å². The summed E-state index contributed by atoms with van der Waals surface area (Å²) in [7, 11) is -0.637. The van der Waals surface area contributed by atoms with Crippen molar-refractivity contribution in [3.8, 4) is 11.5 Å². The molecular formula is C20H21N3O6S. The van der Waals surface area contributed by atoms with Gasteiger partial charge in [0.1, 0.15) is 0 Å². The van der Waals surface area contributed by atoms with Gasteiger partial charge in [-0.15, -0.1) is 0 Å². The number of hydrogen-bond acceptors (Lipinski definition) is 6. The summed E-state index contributed by atoms with van der Waals surface area (Å²) < 4.78 is 36.1. The smallest absolute Gasteiger partial charge is 0.242 e. The van der Waals surface area contributed by atoms with Crippen LogP contribution in [0.25, 0.3) is 0 Å². The van der Waals surface area contributed by atoms with E-state index in [2.05, 4.69) is 5.32 Å². The van der Waals surface area contributed by atoms with Gasteiger partial charge in [0, 0.05) is 44.5 Å². The third-order valence-electron chi connectivity index (χ3n) is 5.06. The number of nitrogens with zero attached hydrogens (tertiary/aromatic N) is 2. The maximum absolute atomic E-state index is 12.7. The fourth-order valence-corrected chi connectivity index (χ4v) is 4.26. The van der Waals surface area contributed by atoms with Crippen LogP contribution in [0.2, 0.25) is 0 Å². The van der Waals surface area contributed by atoms with Crippen molar-refractivity contribution in [2.45, 2.75) is 11.3 Å². The van der Waals surface area contributed by atoms with Gasteiger partial charge in [-0.3, -0.25) is 9.59 Å². The number of fused-ring (bicyclic) bond motifs is 1. The minimum Gasteiger partial charge on any atom is -0.454 e. The quantitative estimate of drug-likeness (QED) is 0.772. The molecule has 158 valence electrons. The van der Waals surface area contributed by atoms with Crippen molar-refractivity contribution in [2.75, 3.05) is 37.6 Å². The predicted molar refractivity (Wildman–Crippen MR) is 109 cm³/mol. The van der Waals surface area contributed by atoms with Crippen LogP contribution in [0.5, 0.6) is 11.5 Å². The van der Waals surface area contributed by atoms with E-state index in [1.54, 1.807) is 30.3 Å². The van der Waals surface area contributed by atoms with E-state index < -0.39 is 15.9 Å². The number of hydrogen-bond donors (Lipinski definition) is 1.